The molecule has 16 nitrogen and oxygen atoms in total. The van der Waals surface area contributed by atoms with Gasteiger partial charge in [-0.05, 0) is 6.42 Å². The highest BCUT2D eigenvalue weighted by Crippen LogP contribution is 2.32. The summed E-state index contributed by atoms with van der Waals surface area (Å²) in [6.07, 6.45) is -12.7. The van der Waals surface area contributed by atoms with Crippen molar-refractivity contribution in [3.8, 4) is 0 Å². The smallest absolute Gasteiger partial charge is 0.219 e. The summed E-state index contributed by atoms with van der Waals surface area (Å²) in [5.41, 5.74) is 27.8. The topological polar surface area (TPSA) is 288 Å². The molecule has 2 heterocycles. The van der Waals surface area contributed by atoms with Gasteiger partial charge in [-0.15, -0.1) is 0 Å². The quantitative estimate of drug-likeness (QED) is 0.135. The molecule has 1 saturated carbocycles. The number of nitrogens with zero attached hydrogens (tertiary/aromatic N) is 1. The molecule has 3 fully saturated rings. The largest absolute Gasteiger partial charge is 0.388 e. The van der Waals surface area contributed by atoms with E-state index in [0.29, 0.717) is 0 Å². The van der Waals surface area contributed by atoms with E-state index >= 15 is 0 Å². The van der Waals surface area contributed by atoms with E-state index in [1.807, 2.05) is 0 Å². The van der Waals surface area contributed by atoms with E-state index in [9.17, 15) is 30.3 Å². The Hall–Kier alpha value is -1.09. The fraction of sp³-hybridized carbons (Fsp3) is 0.952. The Morgan fingerprint density at radius 2 is 1.59 bits per heavy atom. The molecule has 3 aliphatic rings. The second kappa shape index (κ2) is 12.0. The van der Waals surface area contributed by atoms with Crippen LogP contribution in [0.5, 0.6) is 0 Å². The maximum absolute atomic E-state index is 11.6. The zero-order valence-corrected chi connectivity index (χ0v) is 20.9. The fourth-order valence-corrected chi connectivity index (χ4v) is 4.89. The third-order valence-electron chi connectivity index (χ3n) is 7.32. The van der Waals surface area contributed by atoms with Gasteiger partial charge in [0.1, 0.15) is 54.6 Å². The number of likely N-dealkylation sites (N-methyl/N-ethyl adjacent to an activating group) is 1. The Bertz CT molecular complexity index is 780. The van der Waals surface area contributed by atoms with E-state index in [1.54, 1.807) is 0 Å². The summed E-state index contributed by atoms with van der Waals surface area (Å²) in [4.78, 5) is 12.9. The van der Waals surface area contributed by atoms with Crippen molar-refractivity contribution in [1.29, 1.82) is 0 Å². The van der Waals surface area contributed by atoms with Gasteiger partial charge in [-0.1, -0.05) is 0 Å². The van der Waals surface area contributed by atoms with Crippen LogP contribution in [0.1, 0.15) is 19.8 Å². The van der Waals surface area contributed by atoms with Crippen LogP contribution in [0.15, 0.2) is 0 Å². The number of amides is 1. The highest BCUT2D eigenvalue weighted by Gasteiger charge is 2.51. The molecule has 0 unspecified atom stereocenters. The van der Waals surface area contributed by atoms with Gasteiger partial charge >= 0.3 is 0 Å². The van der Waals surface area contributed by atoms with E-state index in [2.05, 4.69) is 0 Å². The number of hydrogen-bond donors (Lipinski definition) is 10. The molecule has 0 spiro atoms. The molecule has 0 aromatic rings. The van der Waals surface area contributed by atoms with Gasteiger partial charge in [0.2, 0.25) is 5.91 Å². The number of ether oxygens (including phenoxy) is 4. The minimum absolute atomic E-state index is 0.0842. The maximum Gasteiger partial charge on any atom is 0.219 e. The number of rotatable bonds is 7. The van der Waals surface area contributed by atoms with Crippen LogP contribution in [0.4, 0.5) is 0 Å². The Morgan fingerprint density at radius 1 is 1.00 bits per heavy atom. The summed E-state index contributed by atoms with van der Waals surface area (Å²) in [5, 5.41) is 52.5. The van der Waals surface area contributed by atoms with Crippen LogP contribution in [-0.4, -0.2) is 142 Å². The van der Waals surface area contributed by atoms with Crippen LogP contribution in [0.25, 0.3) is 0 Å². The lowest BCUT2D eigenvalue weighted by atomic mass is 9.84. The minimum atomic E-state index is -2.11. The Morgan fingerprint density at radius 3 is 2.16 bits per heavy atom. The molecular formula is C21H42N6O10. The SMILES string of the molecule is CC(=O)N(C)C[C@H]1O[C@H](O[C@@H]2[C@@H](O)[C@H](O[C@H]3O[C@H](CN)[C@@H](O)[C@H](O)[C@H]3N)[C@@H](N)C[C@H]2N)C[C@@](N)(O)[C@@H]1O. The normalized spacial score (nSPS) is 49.0. The Balaban J connectivity index is 1.72. The molecule has 1 aliphatic carbocycles. The van der Waals surface area contributed by atoms with E-state index < -0.39 is 85.3 Å². The lowest BCUT2D eigenvalue weighted by Gasteiger charge is -2.48. The van der Waals surface area contributed by atoms with Crippen LogP contribution in [0.2, 0.25) is 0 Å². The summed E-state index contributed by atoms with van der Waals surface area (Å²) in [6.45, 7) is 1.13. The average Bonchev–Trinajstić information content (AvgIpc) is 2.82. The summed E-state index contributed by atoms with van der Waals surface area (Å²) in [5.74, 6) is -0.296. The molecular weight excluding hydrogens is 496 g/mol. The van der Waals surface area contributed by atoms with Crippen molar-refractivity contribution in [2.45, 2.75) is 105 Å². The first-order valence-corrected chi connectivity index (χ1v) is 12.2. The van der Waals surface area contributed by atoms with Gasteiger partial charge in [0.15, 0.2) is 12.6 Å². The first-order valence-electron chi connectivity index (χ1n) is 12.2. The van der Waals surface area contributed by atoms with Crippen molar-refractivity contribution in [3.63, 3.8) is 0 Å². The lowest BCUT2D eigenvalue weighted by molar-refractivity contribution is -0.317. The van der Waals surface area contributed by atoms with Crippen molar-refractivity contribution in [1.82, 2.24) is 4.90 Å². The standard InChI is InChI=1S/C21H42N6O10/c1-7(28)27(2)6-11-19(32)21(26,33)4-12(34-11)36-17-8(23)3-9(24)18(16(17)31)37-20-13(25)15(30)14(29)10(5-22)35-20/h8-20,29-33H,3-6,22-26H2,1-2H3/t8-,9+,10-,11-,12-,13-,14-,15-,16-,17+,18-,19-,20-,21-/m1/s1. The van der Waals surface area contributed by atoms with Gasteiger partial charge in [0.25, 0.3) is 0 Å². The Labute approximate surface area is 214 Å². The third-order valence-corrected chi connectivity index (χ3v) is 7.32. The second-order valence-electron chi connectivity index (χ2n) is 10.2. The third kappa shape index (κ3) is 6.56. The molecule has 1 amide bonds. The predicted octanol–water partition coefficient (Wildman–Crippen LogP) is -6.49. The average molecular weight is 539 g/mol. The molecule has 0 radical (unpaired) electrons. The molecule has 2 saturated heterocycles. The summed E-state index contributed by atoms with van der Waals surface area (Å²) >= 11 is 0. The first-order chi connectivity index (χ1) is 17.2. The molecule has 0 aromatic heterocycles. The Kier molecular flexibility index (Phi) is 9.85. The molecule has 0 bridgehead atoms. The number of carbonyl (C=O) groups excluding carboxylic acids is 1. The molecule has 14 atom stereocenters. The molecule has 15 N–H and O–H groups in total. The van der Waals surface area contributed by atoms with Gasteiger partial charge in [0, 0.05) is 45.6 Å². The maximum atomic E-state index is 11.6. The van der Waals surface area contributed by atoms with Gasteiger partial charge in [0.05, 0.1) is 6.04 Å². The lowest BCUT2D eigenvalue weighted by Crippen LogP contribution is -2.69. The number of nitrogens with two attached hydrogens (primary N) is 5. The molecule has 3 rings (SSSR count). The van der Waals surface area contributed by atoms with E-state index in [1.165, 1.54) is 18.9 Å². The second-order valence-corrected chi connectivity index (χ2v) is 10.2. The molecule has 216 valence electrons. The fourth-order valence-electron chi connectivity index (χ4n) is 4.89. The van der Waals surface area contributed by atoms with Gasteiger partial charge < -0.3 is 78.0 Å². The van der Waals surface area contributed by atoms with Gasteiger partial charge in [-0.3, -0.25) is 4.79 Å². The van der Waals surface area contributed by atoms with Crippen LogP contribution in [0, 0.1) is 0 Å². The highest BCUT2D eigenvalue weighted by atomic mass is 16.7. The highest BCUT2D eigenvalue weighted by molar-refractivity contribution is 5.72. The summed E-state index contributed by atoms with van der Waals surface area (Å²) in [6, 6.07) is -2.73. The van der Waals surface area contributed by atoms with Gasteiger partial charge in [-0.25, -0.2) is 0 Å². The molecule has 37 heavy (non-hydrogen) atoms. The van der Waals surface area contributed by atoms with Crippen LogP contribution < -0.4 is 28.7 Å². The number of aliphatic hydroxyl groups excluding tert-OH is 4. The van der Waals surface area contributed by atoms with Crippen molar-refractivity contribution in [3.05, 3.63) is 0 Å². The minimum Gasteiger partial charge on any atom is -0.388 e. The van der Waals surface area contributed by atoms with E-state index in [4.69, 9.17) is 47.6 Å². The van der Waals surface area contributed by atoms with Crippen LogP contribution in [-0.2, 0) is 23.7 Å². The van der Waals surface area contributed by atoms with Crippen molar-refractivity contribution >= 4 is 5.91 Å². The molecule has 16 heteroatoms. The van der Waals surface area contributed by atoms with E-state index in [0.717, 1.165) is 0 Å². The van der Waals surface area contributed by atoms with Crippen molar-refractivity contribution in [2.75, 3.05) is 20.1 Å². The predicted molar refractivity (Wildman–Crippen MR) is 126 cm³/mol. The molecule has 2 aliphatic heterocycles. The van der Waals surface area contributed by atoms with Crippen molar-refractivity contribution in [2.24, 2.45) is 28.7 Å². The first kappa shape index (κ1) is 30.5. The van der Waals surface area contributed by atoms with Crippen LogP contribution in [0.3, 0.4) is 0 Å². The number of carbonyl (C=O) groups is 1. The zero-order chi connectivity index (χ0) is 27.8. The monoisotopic (exact) mass is 538 g/mol. The van der Waals surface area contributed by atoms with E-state index in [-0.39, 0.29) is 31.8 Å². The number of aliphatic hydroxyl groups is 5. The molecule has 0 aromatic carbocycles. The van der Waals surface area contributed by atoms with Crippen molar-refractivity contribution < 1.29 is 49.3 Å². The van der Waals surface area contributed by atoms with Crippen LogP contribution >= 0.6 is 0 Å². The summed E-state index contributed by atoms with van der Waals surface area (Å²) < 4.78 is 23.2. The van der Waals surface area contributed by atoms with Gasteiger partial charge in [-0.2, -0.15) is 0 Å². The summed E-state index contributed by atoms with van der Waals surface area (Å²) in [7, 11) is 1.49. The zero-order valence-electron chi connectivity index (χ0n) is 20.9. The number of hydrogen-bond acceptors (Lipinski definition) is 15.